The number of methoxy groups -OCH3 is 1. The van der Waals surface area contributed by atoms with Crippen molar-refractivity contribution in [2.24, 2.45) is 0 Å². The van der Waals surface area contributed by atoms with Crippen molar-refractivity contribution in [1.82, 2.24) is 35.0 Å². The summed E-state index contributed by atoms with van der Waals surface area (Å²) in [5.41, 5.74) is 3.82. The number of nitrogens with zero attached hydrogens (tertiary/aromatic N) is 7. The second-order valence-corrected chi connectivity index (χ2v) is 8.90. The molecule has 0 atom stereocenters. The number of pyridine rings is 1. The number of halogens is 1. The number of ether oxygens (including phenoxy) is 1. The van der Waals surface area contributed by atoms with E-state index in [2.05, 4.69) is 36.9 Å². The molecule has 0 radical (unpaired) electrons. The third-order valence-corrected chi connectivity index (χ3v) is 5.99. The van der Waals surface area contributed by atoms with Crippen molar-refractivity contribution in [2.75, 3.05) is 27.3 Å². The van der Waals surface area contributed by atoms with Gasteiger partial charge >= 0.3 is 0 Å². The molecule has 10 heteroatoms. The van der Waals surface area contributed by atoms with Gasteiger partial charge in [0.25, 0.3) is 5.89 Å². The third-order valence-electron chi connectivity index (χ3n) is 5.99. The molecule has 202 valence electrons. The summed E-state index contributed by atoms with van der Waals surface area (Å²) in [5.74, 6) is 0.262. The van der Waals surface area contributed by atoms with Crippen LogP contribution < -0.4 is 0 Å². The molecule has 0 saturated heterocycles. The molecule has 1 aromatic carbocycles. The fraction of sp³-hybridized carbons (Fsp3) is 0.276. The molecule has 0 N–H and O–H groups in total. The number of hydrogen-bond acceptors (Lipinski definition) is 8. The maximum absolute atomic E-state index is 15.3. The Morgan fingerprint density at radius 2 is 1.92 bits per heavy atom. The van der Waals surface area contributed by atoms with Crippen LogP contribution in [-0.2, 0) is 11.3 Å². The monoisotopic (exact) mass is 529 g/mol. The standard InChI is InChI=1S/C29H32FN7O2/c1-5-7-9-24(30)25(8-6-2)37-27(22-14-16-31-17-15-22)26(33-35-37)29-32-28(34-39-29)23-12-10-21(11-13-23)20-36(3)18-19-38-4/h5-6,8,10-17H,1,7,9,18-20H2,2-4H3/b8-6-,25-24-. The zero-order valence-corrected chi connectivity index (χ0v) is 22.4. The van der Waals surface area contributed by atoms with E-state index >= 15 is 4.39 Å². The summed E-state index contributed by atoms with van der Waals surface area (Å²) in [6, 6.07) is 11.6. The molecule has 4 aromatic rings. The second kappa shape index (κ2) is 13.5. The Labute approximate surface area is 227 Å². The molecule has 0 amide bonds. The largest absolute Gasteiger partial charge is 0.383 e. The van der Waals surface area contributed by atoms with E-state index in [4.69, 9.17) is 9.26 Å². The number of benzene rings is 1. The van der Waals surface area contributed by atoms with Gasteiger partial charge in [0.2, 0.25) is 5.82 Å². The fourth-order valence-corrected chi connectivity index (χ4v) is 3.99. The van der Waals surface area contributed by atoms with Crippen LogP contribution in [0.15, 0.2) is 83.9 Å². The van der Waals surface area contributed by atoms with Gasteiger partial charge in [0, 0.05) is 50.1 Å². The molecule has 39 heavy (non-hydrogen) atoms. The van der Waals surface area contributed by atoms with Gasteiger partial charge in [-0.05, 0) is 44.2 Å². The van der Waals surface area contributed by atoms with Crippen LogP contribution in [0.4, 0.5) is 4.39 Å². The quantitative estimate of drug-likeness (QED) is 0.158. The maximum Gasteiger partial charge on any atom is 0.281 e. The minimum absolute atomic E-state index is 0.178. The average molecular weight is 530 g/mol. The first kappa shape index (κ1) is 27.7. The van der Waals surface area contributed by atoms with E-state index in [1.54, 1.807) is 49.9 Å². The van der Waals surface area contributed by atoms with Crippen molar-refractivity contribution in [3.05, 3.63) is 85.0 Å². The smallest absolute Gasteiger partial charge is 0.281 e. The highest BCUT2D eigenvalue weighted by Gasteiger charge is 2.24. The summed E-state index contributed by atoms with van der Waals surface area (Å²) in [7, 11) is 3.75. The molecule has 0 spiro atoms. The molecule has 0 fully saturated rings. The molecular formula is C29H32FN7O2. The Morgan fingerprint density at radius 1 is 1.15 bits per heavy atom. The van der Waals surface area contributed by atoms with Gasteiger partial charge < -0.3 is 9.26 Å². The Kier molecular flexibility index (Phi) is 9.60. The molecule has 0 aliphatic rings. The molecule has 0 aliphatic heterocycles. The predicted octanol–water partition coefficient (Wildman–Crippen LogP) is 5.82. The minimum atomic E-state index is -0.334. The van der Waals surface area contributed by atoms with Gasteiger partial charge in [-0.25, -0.2) is 9.07 Å². The van der Waals surface area contributed by atoms with Gasteiger partial charge in [0.15, 0.2) is 5.69 Å². The van der Waals surface area contributed by atoms with Crippen molar-refractivity contribution < 1.29 is 13.7 Å². The topological polar surface area (TPSA) is 95.0 Å². The molecule has 0 bridgehead atoms. The summed E-state index contributed by atoms with van der Waals surface area (Å²) in [5, 5.41) is 12.8. The summed E-state index contributed by atoms with van der Waals surface area (Å²) >= 11 is 0. The van der Waals surface area contributed by atoms with Crippen LogP contribution in [0.1, 0.15) is 25.3 Å². The Bertz CT molecular complexity index is 1430. The Morgan fingerprint density at radius 3 is 2.62 bits per heavy atom. The van der Waals surface area contributed by atoms with E-state index in [-0.39, 0.29) is 23.8 Å². The average Bonchev–Trinajstić information content (AvgIpc) is 3.62. The van der Waals surface area contributed by atoms with Gasteiger partial charge in [0.05, 0.1) is 12.3 Å². The van der Waals surface area contributed by atoms with Crippen LogP contribution in [0.25, 0.3) is 39.9 Å². The van der Waals surface area contributed by atoms with E-state index in [0.717, 1.165) is 29.8 Å². The fourth-order valence-electron chi connectivity index (χ4n) is 3.99. The Balaban J connectivity index is 1.69. The summed E-state index contributed by atoms with van der Waals surface area (Å²) in [6.45, 7) is 7.83. The van der Waals surface area contributed by atoms with Crippen LogP contribution in [0.3, 0.4) is 0 Å². The normalized spacial score (nSPS) is 12.3. The highest BCUT2D eigenvalue weighted by atomic mass is 19.1. The highest BCUT2D eigenvalue weighted by Crippen LogP contribution is 2.33. The van der Waals surface area contributed by atoms with Gasteiger partial charge in [-0.1, -0.05) is 46.8 Å². The second-order valence-electron chi connectivity index (χ2n) is 8.90. The highest BCUT2D eigenvalue weighted by molar-refractivity contribution is 5.79. The summed E-state index contributed by atoms with van der Waals surface area (Å²) in [4.78, 5) is 10.9. The first-order valence-electron chi connectivity index (χ1n) is 12.6. The van der Waals surface area contributed by atoms with E-state index in [0.29, 0.717) is 30.2 Å². The molecule has 0 saturated carbocycles. The van der Waals surface area contributed by atoms with Crippen LogP contribution >= 0.6 is 0 Å². The molecule has 4 rings (SSSR count). The number of hydrogen-bond donors (Lipinski definition) is 0. The number of likely N-dealkylation sites (N-methyl/N-ethyl adjacent to an activating group) is 1. The molecule has 9 nitrogen and oxygen atoms in total. The first-order chi connectivity index (χ1) is 19.0. The summed E-state index contributed by atoms with van der Waals surface area (Å²) in [6.07, 6.45) is 9.08. The maximum atomic E-state index is 15.3. The van der Waals surface area contributed by atoms with Crippen molar-refractivity contribution in [3.8, 4) is 34.2 Å². The van der Waals surface area contributed by atoms with Crippen molar-refractivity contribution in [1.29, 1.82) is 0 Å². The molecule has 3 aromatic heterocycles. The van der Waals surface area contributed by atoms with E-state index in [9.17, 15) is 0 Å². The number of aromatic nitrogens is 6. The predicted molar refractivity (Wildman–Crippen MR) is 149 cm³/mol. The van der Waals surface area contributed by atoms with E-state index in [1.165, 1.54) is 4.68 Å². The summed E-state index contributed by atoms with van der Waals surface area (Å²) < 4.78 is 27.5. The van der Waals surface area contributed by atoms with Crippen LogP contribution in [0.5, 0.6) is 0 Å². The van der Waals surface area contributed by atoms with Crippen molar-refractivity contribution in [3.63, 3.8) is 0 Å². The van der Waals surface area contributed by atoms with Crippen molar-refractivity contribution in [2.45, 2.75) is 26.3 Å². The third kappa shape index (κ3) is 6.78. The molecule has 3 heterocycles. The van der Waals surface area contributed by atoms with Gasteiger partial charge in [0.1, 0.15) is 11.5 Å². The Hall–Kier alpha value is -4.28. The lowest BCUT2D eigenvalue weighted by molar-refractivity contribution is 0.158. The van der Waals surface area contributed by atoms with E-state index < -0.39 is 0 Å². The van der Waals surface area contributed by atoms with Crippen LogP contribution in [0.2, 0.25) is 0 Å². The lowest BCUT2D eigenvalue weighted by Gasteiger charge is -2.15. The van der Waals surface area contributed by atoms with Crippen molar-refractivity contribution >= 4 is 5.70 Å². The number of rotatable bonds is 13. The molecule has 0 unspecified atom stereocenters. The van der Waals surface area contributed by atoms with Gasteiger partial charge in [-0.3, -0.25) is 9.88 Å². The van der Waals surface area contributed by atoms with Crippen LogP contribution in [0, 0.1) is 0 Å². The zero-order valence-electron chi connectivity index (χ0n) is 22.4. The number of allylic oxidation sites excluding steroid dienone is 5. The van der Waals surface area contributed by atoms with E-state index in [1.807, 2.05) is 38.2 Å². The van der Waals surface area contributed by atoms with Gasteiger partial charge in [-0.2, -0.15) is 4.98 Å². The molecule has 0 aliphatic carbocycles. The minimum Gasteiger partial charge on any atom is -0.383 e. The lowest BCUT2D eigenvalue weighted by Crippen LogP contribution is -2.22. The zero-order chi connectivity index (χ0) is 27.6. The lowest BCUT2D eigenvalue weighted by atomic mass is 10.1. The first-order valence-corrected chi connectivity index (χ1v) is 12.6. The van der Waals surface area contributed by atoms with Crippen LogP contribution in [-0.4, -0.2) is 62.3 Å². The van der Waals surface area contributed by atoms with Gasteiger partial charge in [-0.15, -0.1) is 11.7 Å². The SMILES string of the molecule is C=CCC/C(F)=C(\C=C/C)n1nnc(-c2nc(-c3ccc(CN(C)CCOC)cc3)no2)c1-c1ccncc1. The molecular weight excluding hydrogens is 497 g/mol.